The van der Waals surface area contributed by atoms with E-state index >= 15 is 0 Å². The lowest BCUT2D eigenvalue weighted by molar-refractivity contribution is -0.117. The van der Waals surface area contributed by atoms with Crippen molar-refractivity contribution in [1.29, 1.82) is 0 Å². The fourth-order valence-corrected chi connectivity index (χ4v) is 2.31. The highest BCUT2D eigenvalue weighted by atomic mass is 35.5. The second-order valence-electron chi connectivity index (χ2n) is 5.76. The molecule has 1 saturated carbocycles. The molecule has 0 aromatic heterocycles. The number of methoxy groups -OCH3 is 1. The molecule has 0 radical (unpaired) electrons. The van der Waals surface area contributed by atoms with Gasteiger partial charge in [0.05, 0.1) is 18.7 Å². The van der Waals surface area contributed by atoms with Crippen molar-refractivity contribution in [2.75, 3.05) is 13.7 Å². The quantitative estimate of drug-likeness (QED) is 0.306. The summed E-state index contributed by atoms with van der Waals surface area (Å²) < 4.78 is 37.9. The zero-order valence-electron chi connectivity index (χ0n) is 14.3. The molecule has 1 fully saturated rings. The van der Waals surface area contributed by atoms with Crippen molar-refractivity contribution in [3.63, 3.8) is 0 Å². The summed E-state index contributed by atoms with van der Waals surface area (Å²) in [5, 5.41) is 2.35. The van der Waals surface area contributed by atoms with Gasteiger partial charge >= 0.3 is 0 Å². The van der Waals surface area contributed by atoms with Crippen LogP contribution in [0.1, 0.15) is 18.4 Å². The van der Waals surface area contributed by atoms with Crippen LogP contribution in [0.15, 0.2) is 40.2 Å². The van der Waals surface area contributed by atoms with Gasteiger partial charge in [0.1, 0.15) is 11.4 Å². The van der Waals surface area contributed by atoms with E-state index in [0.29, 0.717) is 12.5 Å². The zero-order chi connectivity index (χ0) is 19.3. The van der Waals surface area contributed by atoms with Gasteiger partial charge in [-0.15, -0.1) is 0 Å². The first-order chi connectivity index (χ1) is 12.4. The van der Waals surface area contributed by atoms with Gasteiger partial charge in [-0.25, -0.2) is 13.8 Å². The van der Waals surface area contributed by atoms with Crippen LogP contribution in [0.4, 0.5) is 8.78 Å². The summed E-state index contributed by atoms with van der Waals surface area (Å²) in [7, 11) is 1.23. The standard InChI is InChI=1S/C18H19ClF2N2O3/c1-10(19)16(18(22-2)26-9-11-4-5-11)17(24)23-8-12-6-14(21)15(25-3)7-13(12)20/h6-7,11H,1-2,4-5,8-9H2,3H3,(H,23,24)/b18-16-. The zero-order valence-corrected chi connectivity index (χ0v) is 15.0. The summed E-state index contributed by atoms with van der Waals surface area (Å²) in [6.45, 7) is 7.02. The van der Waals surface area contributed by atoms with Gasteiger partial charge in [0.15, 0.2) is 11.6 Å². The molecule has 0 bridgehead atoms. The molecular weight excluding hydrogens is 366 g/mol. The number of carbonyl (C=O) groups is 1. The highest BCUT2D eigenvalue weighted by Gasteiger charge is 2.25. The SMILES string of the molecule is C=N/C(OCC1CC1)=C(\C(=C)Cl)C(=O)NCc1cc(F)c(OC)cc1F. The topological polar surface area (TPSA) is 59.9 Å². The molecule has 2 rings (SSSR count). The van der Waals surface area contributed by atoms with Crippen LogP contribution in [0.2, 0.25) is 0 Å². The molecule has 0 aliphatic heterocycles. The number of nitrogens with one attached hydrogen (secondary N) is 1. The van der Waals surface area contributed by atoms with Gasteiger partial charge in [-0.2, -0.15) is 0 Å². The van der Waals surface area contributed by atoms with Crippen LogP contribution in [0.3, 0.4) is 0 Å². The van der Waals surface area contributed by atoms with Crippen molar-refractivity contribution in [1.82, 2.24) is 5.32 Å². The van der Waals surface area contributed by atoms with Crippen molar-refractivity contribution in [3.8, 4) is 5.75 Å². The van der Waals surface area contributed by atoms with Crippen LogP contribution in [0.25, 0.3) is 0 Å². The summed E-state index contributed by atoms with van der Waals surface area (Å²) in [6.07, 6.45) is 2.10. The van der Waals surface area contributed by atoms with E-state index in [1.54, 1.807) is 0 Å². The van der Waals surface area contributed by atoms with E-state index in [1.165, 1.54) is 7.11 Å². The van der Waals surface area contributed by atoms with E-state index in [2.05, 4.69) is 23.6 Å². The number of halogens is 3. The Morgan fingerprint density at radius 1 is 1.38 bits per heavy atom. The minimum absolute atomic E-state index is 0.0456. The second-order valence-corrected chi connectivity index (χ2v) is 6.21. The molecular formula is C18H19ClF2N2O3. The van der Waals surface area contributed by atoms with Gasteiger partial charge in [0.25, 0.3) is 5.91 Å². The first-order valence-electron chi connectivity index (χ1n) is 7.86. The molecule has 1 aromatic rings. The summed E-state index contributed by atoms with van der Waals surface area (Å²) in [5.41, 5.74) is -0.153. The average molecular weight is 385 g/mol. The van der Waals surface area contributed by atoms with Crippen LogP contribution < -0.4 is 10.1 Å². The highest BCUT2D eigenvalue weighted by molar-refractivity contribution is 6.35. The maximum Gasteiger partial charge on any atom is 0.258 e. The van der Waals surface area contributed by atoms with Gasteiger partial charge in [0, 0.05) is 18.2 Å². The molecule has 0 atom stereocenters. The molecule has 0 spiro atoms. The van der Waals surface area contributed by atoms with Gasteiger partial charge < -0.3 is 14.8 Å². The number of nitrogens with zero attached hydrogens (tertiary/aromatic N) is 1. The van der Waals surface area contributed by atoms with Crippen molar-refractivity contribution in [2.45, 2.75) is 19.4 Å². The molecule has 5 nitrogen and oxygen atoms in total. The summed E-state index contributed by atoms with van der Waals surface area (Å²) in [5.74, 6) is -1.98. The van der Waals surface area contributed by atoms with E-state index < -0.39 is 17.5 Å². The fraction of sp³-hybridized carbons (Fsp3) is 0.333. The third kappa shape index (κ3) is 5.05. The lowest BCUT2D eigenvalue weighted by Gasteiger charge is -2.13. The predicted molar refractivity (Wildman–Crippen MR) is 95.0 cm³/mol. The Balaban J connectivity index is 2.13. The first-order valence-corrected chi connectivity index (χ1v) is 8.23. The molecule has 8 heteroatoms. The second kappa shape index (κ2) is 8.80. The third-order valence-electron chi connectivity index (χ3n) is 3.77. The summed E-state index contributed by atoms with van der Waals surface area (Å²) >= 11 is 5.89. The lowest BCUT2D eigenvalue weighted by atomic mass is 10.1. The maximum atomic E-state index is 14.0. The lowest BCUT2D eigenvalue weighted by Crippen LogP contribution is -2.26. The monoisotopic (exact) mass is 384 g/mol. The van der Waals surface area contributed by atoms with Gasteiger partial charge in [0.2, 0.25) is 5.88 Å². The molecule has 0 saturated heterocycles. The average Bonchev–Trinajstić information content (AvgIpc) is 3.42. The van der Waals surface area contributed by atoms with Crippen LogP contribution >= 0.6 is 11.6 Å². The predicted octanol–water partition coefficient (Wildman–Crippen LogP) is 3.68. The van der Waals surface area contributed by atoms with E-state index in [9.17, 15) is 13.6 Å². The Kier molecular flexibility index (Phi) is 6.74. The largest absolute Gasteiger partial charge is 0.494 e. The van der Waals surface area contributed by atoms with Gasteiger partial charge in [-0.3, -0.25) is 4.79 Å². The fourth-order valence-electron chi connectivity index (χ4n) is 2.14. The van der Waals surface area contributed by atoms with Crippen LogP contribution in [0, 0.1) is 17.6 Å². The smallest absolute Gasteiger partial charge is 0.258 e. The highest BCUT2D eigenvalue weighted by Crippen LogP contribution is 2.30. The number of hydrogen-bond acceptors (Lipinski definition) is 4. The Morgan fingerprint density at radius 3 is 2.62 bits per heavy atom. The van der Waals surface area contributed by atoms with Gasteiger partial charge in [-0.05, 0) is 31.5 Å². The minimum atomic E-state index is -0.739. The van der Waals surface area contributed by atoms with Crippen molar-refractivity contribution < 1.29 is 23.0 Å². The molecule has 0 heterocycles. The number of rotatable bonds is 9. The normalized spacial score (nSPS) is 14.3. The Hall–Kier alpha value is -2.41. The molecule has 1 aromatic carbocycles. The molecule has 140 valence electrons. The number of aliphatic imine (C=N–C) groups is 1. The summed E-state index contributed by atoms with van der Waals surface area (Å²) in [4.78, 5) is 16.1. The van der Waals surface area contributed by atoms with Crippen LogP contribution in [0.5, 0.6) is 5.75 Å². The molecule has 1 aliphatic carbocycles. The molecule has 26 heavy (non-hydrogen) atoms. The molecule has 1 aliphatic rings. The molecule has 1 amide bonds. The Labute approximate surface area is 155 Å². The first kappa shape index (κ1) is 19.9. The molecule has 1 N–H and O–H groups in total. The van der Waals surface area contributed by atoms with E-state index in [1.807, 2.05) is 0 Å². The number of hydrogen-bond donors (Lipinski definition) is 1. The van der Waals surface area contributed by atoms with Crippen molar-refractivity contribution in [2.24, 2.45) is 10.9 Å². The maximum absolute atomic E-state index is 14.0. The van der Waals surface area contributed by atoms with E-state index in [-0.39, 0.29) is 34.3 Å². The Bertz CT molecular complexity index is 761. The minimum Gasteiger partial charge on any atom is -0.494 e. The van der Waals surface area contributed by atoms with Crippen molar-refractivity contribution >= 4 is 24.2 Å². The van der Waals surface area contributed by atoms with E-state index in [4.69, 9.17) is 21.1 Å². The number of ether oxygens (including phenoxy) is 2. The summed E-state index contributed by atoms with van der Waals surface area (Å²) in [6, 6.07) is 1.85. The molecule has 0 unspecified atom stereocenters. The third-order valence-corrected chi connectivity index (χ3v) is 3.96. The van der Waals surface area contributed by atoms with Crippen LogP contribution in [-0.4, -0.2) is 26.3 Å². The Morgan fingerprint density at radius 2 is 2.08 bits per heavy atom. The van der Waals surface area contributed by atoms with Crippen molar-refractivity contribution in [3.05, 3.63) is 52.4 Å². The van der Waals surface area contributed by atoms with Crippen LogP contribution in [-0.2, 0) is 16.1 Å². The van der Waals surface area contributed by atoms with Gasteiger partial charge in [-0.1, -0.05) is 18.2 Å². The van der Waals surface area contributed by atoms with E-state index in [0.717, 1.165) is 25.0 Å². The number of carbonyl (C=O) groups excluding carboxylic acids is 1. The number of benzene rings is 1. The number of amides is 1.